The predicted molar refractivity (Wildman–Crippen MR) is 116 cm³/mol. The first kappa shape index (κ1) is 22.4. The Kier molecular flexibility index (Phi) is 6.07. The summed E-state index contributed by atoms with van der Waals surface area (Å²) >= 11 is 0. The monoisotopic (exact) mass is 455 g/mol. The van der Waals surface area contributed by atoms with E-state index >= 15 is 4.39 Å². The number of ether oxygens (including phenoxy) is 1. The Morgan fingerprint density at radius 3 is 2.45 bits per heavy atom. The zero-order valence-corrected chi connectivity index (χ0v) is 17.7. The molecule has 1 saturated heterocycles. The summed E-state index contributed by atoms with van der Waals surface area (Å²) in [5, 5.41) is 9.03. The molecule has 1 aromatic heterocycles. The molecule has 4 rings (SSSR count). The van der Waals surface area contributed by atoms with Gasteiger partial charge >= 0.3 is 0 Å². The first-order valence-electron chi connectivity index (χ1n) is 10.2. The molecule has 0 atom stereocenters. The molecule has 3 aromatic rings. The maximum Gasteiger partial charge on any atom is 0.296 e. The summed E-state index contributed by atoms with van der Waals surface area (Å²) in [4.78, 5) is 19.1. The van der Waals surface area contributed by atoms with Gasteiger partial charge < -0.3 is 15.4 Å². The SMILES string of the molecule is COc1ccc(-n2c(-c3ccc(C#N)c(F)c3)nc(N3CCC(N)CC3)c(F)c2=O)cc1F. The van der Waals surface area contributed by atoms with Gasteiger partial charge in [0.1, 0.15) is 17.7 Å². The Balaban J connectivity index is 1.96. The number of nitrogens with zero attached hydrogens (tertiary/aromatic N) is 4. The van der Waals surface area contributed by atoms with Crippen LogP contribution < -0.4 is 20.9 Å². The molecule has 33 heavy (non-hydrogen) atoms. The first-order chi connectivity index (χ1) is 15.8. The largest absolute Gasteiger partial charge is 0.494 e. The molecule has 7 nitrogen and oxygen atoms in total. The lowest BCUT2D eigenvalue weighted by molar-refractivity contribution is 0.386. The summed E-state index contributed by atoms with van der Waals surface area (Å²) < 4.78 is 49.8. The smallest absolute Gasteiger partial charge is 0.296 e. The summed E-state index contributed by atoms with van der Waals surface area (Å²) in [7, 11) is 1.29. The van der Waals surface area contributed by atoms with E-state index in [9.17, 15) is 13.6 Å². The normalized spacial score (nSPS) is 14.2. The van der Waals surface area contributed by atoms with E-state index in [0.29, 0.717) is 25.9 Å². The maximum absolute atomic E-state index is 15.3. The average Bonchev–Trinajstić information content (AvgIpc) is 2.81. The van der Waals surface area contributed by atoms with Crippen LogP contribution in [0.25, 0.3) is 17.1 Å². The van der Waals surface area contributed by atoms with Gasteiger partial charge in [0.25, 0.3) is 5.56 Å². The lowest BCUT2D eigenvalue weighted by atomic mass is 10.1. The highest BCUT2D eigenvalue weighted by Crippen LogP contribution is 2.28. The van der Waals surface area contributed by atoms with Crippen molar-refractivity contribution >= 4 is 5.82 Å². The van der Waals surface area contributed by atoms with Crippen LogP contribution in [0.1, 0.15) is 18.4 Å². The molecule has 1 aliphatic rings. The molecule has 0 radical (unpaired) electrons. The van der Waals surface area contributed by atoms with Crippen molar-refractivity contribution in [1.29, 1.82) is 5.26 Å². The van der Waals surface area contributed by atoms with Crippen molar-refractivity contribution in [3.8, 4) is 28.9 Å². The minimum absolute atomic E-state index is 0.0170. The van der Waals surface area contributed by atoms with Gasteiger partial charge in [-0.1, -0.05) is 0 Å². The standard InChI is InChI=1S/C23H20F3N5O2/c1-33-19-5-4-16(11-18(19)25)31-21(13-2-3-14(12-27)17(24)10-13)29-22(20(26)23(31)32)30-8-6-15(28)7-9-30/h2-5,10-11,15H,6-9,28H2,1H3. The number of anilines is 1. The summed E-state index contributed by atoms with van der Waals surface area (Å²) in [6.45, 7) is 0.791. The molecular formula is C23H20F3N5O2. The van der Waals surface area contributed by atoms with Crippen LogP contribution in [0.5, 0.6) is 5.75 Å². The van der Waals surface area contributed by atoms with Crippen LogP contribution in [0.3, 0.4) is 0 Å². The van der Waals surface area contributed by atoms with Crippen molar-refractivity contribution < 1.29 is 17.9 Å². The minimum Gasteiger partial charge on any atom is -0.494 e. The number of benzene rings is 2. The summed E-state index contributed by atoms with van der Waals surface area (Å²) in [6, 6.07) is 9.02. The van der Waals surface area contributed by atoms with Crippen molar-refractivity contribution in [1.82, 2.24) is 9.55 Å². The lowest BCUT2D eigenvalue weighted by Gasteiger charge is -2.31. The third-order valence-corrected chi connectivity index (χ3v) is 5.59. The predicted octanol–water partition coefficient (Wildman–Crippen LogP) is 3.12. The zero-order chi connectivity index (χ0) is 23.7. The summed E-state index contributed by atoms with van der Waals surface area (Å²) in [5.74, 6) is -3.05. The Bertz CT molecular complexity index is 1310. The molecule has 0 unspecified atom stereocenters. The van der Waals surface area contributed by atoms with Crippen LogP contribution in [0.4, 0.5) is 19.0 Å². The summed E-state index contributed by atoms with van der Waals surface area (Å²) in [6.07, 6.45) is 1.18. The van der Waals surface area contributed by atoms with E-state index in [1.807, 2.05) is 0 Å². The Hall–Kier alpha value is -3.84. The van der Waals surface area contributed by atoms with Crippen molar-refractivity contribution in [2.45, 2.75) is 18.9 Å². The molecule has 10 heteroatoms. The highest BCUT2D eigenvalue weighted by atomic mass is 19.1. The van der Waals surface area contributed by atoms with Gasteiger partial charge in [-0.25, -0.2) is 13.8 Å². The van der Waals surface area contributed by atoms with Crippen LogP contribution >= 0.6 is 0 Å². The number of hydrogen-bond acceptors (Lipinski definition) is 6. The Labute approximate surface area is 187 Å². The average molecular weight is 455 g/mol. The van der Waals surface area contributed by atoms with Gasteiger partial charge in [0, 0.05) is 30.8 Å². The number of rotatable bonds is 4. The second kappa shape index (κ2) is 8.96. The van der Waals surface area contributed by atoms with E-state index < -0.39 is 23.0 Å². The fourth-order valence-corrected chi connectivity index (χ4v) is 3.78. The van der Waals surface area contributed by atoms with E-state index in [0.717, 1.165) is 16.7 Å². The Morgan fingerprint density at radius 2 is 1.85 bits per heavy atom. The van der Waals surface area contributed by atoms with E-state index in [2.05, 4.69) is 4.98 Å². The van der Waals surface area contributed by atoms with Crippen molar-refractivity contribution in [3.05, 3.63) is 69.8 Å². The quantitative estimate of drug-likeness (QED) is 0.649. The van der Waals surface area contributed by atoms with E-state index in [1.165, 1.54) is 31.4 Å². The molecule has 0 bridgehead atoms. The highest BCUT2D eigenvalue weighted by molar-refractivity contribution is 5.63. The van der Waals surface area contributed by atoms with Gasteiger partial charge in [-0.3, -0.25) is 9.36 Å². The van der Waals surface area contributed by atoms with Gasteiger partial charge in [-0.2, -0.15) is 9.65 Å². The number of halogens is 3. The highest BCUT2D eigenvalue weighted by Gasteiger charge is 2.26. The third kappa shape index (κ3) is 4.15. The third-order valence-electron chi connectivity index (χ3n) is 5.59. The fraction of sp³-hybridized carbons (Fsp3) is 0.261. The van der Waals surface area contributed by atoms with Crippen molar-refractivity contribution in [3.63, 3.8) is 0 Å². The molecule has 2 aromatic carbocycles. The number of methoxy groups -OCH3 is 1. The van der Waals surface area contributed by atoms with Crippen molar-refractivity contribution in [2.24, 2.45) is 5.73 Å². The molecule has 0 saturated carbocycles. The summed E-state index contributed by atoms with van der Waals surface area (Å²) in [5.41, 5.74) is 4.76. The topological polar surface area (TPSA) is 97.2 Å². The van der Waals surface area contributed by atoms with Crippen LogP contribution in [0.2, 0.25) is 0 Å². The lowest BCUT2D eigenvalue weighted by Crippen LogP contribution is -2.42. The zero-order valence-electron chi connectivity index (χ0n) is 17.7. The van der Waals surface area contributed by atoms with Gasteiger partial charge in [0.15, 0.2) is 17.4 Å². The van der Waals surface area contributed by atoms with Crippen molar-refractivity contribution in [2.75, 3.05) is 25.1 Å². The molecule has 2 N–H and O–H groups in total. The second-order valence-electron chi connectivity index (χ2n) is 7.66. The fourth-order valence-electron chi connectivity index (χ4n) is 3.78. The number of aromatic nitrogens is 2. The molecule has 1 aliphatic heterocycles. The van der Waals surface area contributed by atoms with Crippen LogP contribution in [0.15, 0.2) is 41.2 Å². The molecule has 170 valence electrons. The second-order valence-corrected chi connectivity index (χ2v) is 7.66. The number of nitrogens with two attached hydrogens (primary N) is 1. The number of piperidine rings is 1. The molecule has 1 fully saturated rings. The molecule has 2 heterocycles. The van der Waals surface area contributed by atoms with Gasteiger partial charge in [0.05, 0.1) is 18.4 Å². The van der Waals surface area contributed by atoms with Gasteiger partial charge in [-0.15, -0.1) is 0 Å². The van der Waals surface area contributed by atoms with E-state index in [4.69, 9.17) is 15.7 Å². The van der Waals surface area contributed by atoms with E-state index in [1.54, 1.807) is 11.0 Å². The Morgan fingerprint density at radius 1 is 1.12 bits per heavy atom. The van der Waals surface area contributed by atoms with Gasteiger partial charge in [-0.05, 0) is 43.2 Å². The van der Waals surface area contributed by atoms with Crippen LogP contribution in [0, 0.1) is 28.8 Å². The van der Waals surface area contributed by atoms with Gasteiger partial charge in [0.2, 0.25) is 5.82 Å². The minimum atomic E-state index is -1.11. The molecule has 0 spiro atoms. The first-order valence-corrected chi connectivity index (χ1v) is 10.2. The molecule has 0 amide bonds. The number of nitriles is 1. The van der Waals surface area contributed by atoms with E-state index in [-0.39, 0.29) is 40.2 Å². The maximum atomic E-state index is 15.3. The van der Waals surface area contributed by atoms with Crippen LogP contribution in [-0.2, 0) is 0 Å². The number of hydrogen-bond donors (Lipinski definition) is 1. The van der Waals surface area contributed by atoms with Crippen LogP contribution in [-0.4, -0.2) is 35.8 Å². The molecular weight excluding hydrogens is 435 g/mol. The molecule has 0 aliphatic carbocycles.